The molecule has 0 aromatic carbocycles. The highest BCUT2D eigenvalue weighted by Crippen LogP contribution is 2.11. The molecule has 18 heavy (non-hydrogen) atoms. The molecule has 5 heteroatoms. The van der Waals surface area contributed by atoms with Crippen molar-refractivity contribution in [1.29, 1.82) is 0 Å². The molecule has 1 saturated heterocycles. The maximum Gasteiger partial charge on any atom is 0.255 e. The van der Waals surface area contributed by atoms with Crippen molar-refractivity contribution >= 4 is 11.6 Å². The second-order valence-electron chi connectivity index (χ2n) is 4.47. The van der Waals surface area contributed by atoms with E-state index in [4.69, 9.17) is 4.74 Å². The van der Waals surface area contributed by atoms with Gasteiger partial charge in [0.15, 0.2) is 0 Å². The van der Waals surface area contributed by atoms with E-state index in [1.54, 1.807) is 0 Å². The molecule has 3 rings (SSSR count). The highest BCUT2D eigenvalue weighted by Gasteiger charge is 2.18. The largest absolute Gasteiger partial charge is 0.378 e. The van der Waals surface area contributed by atoms with Crippen LogP contribution in [0.5, 0.6) is 0 Å². The van der Waals surface area contributed by atoms with Crippen LogP contribution in [0.25, 0.3) is 5.65 Å². The minimum absolute atomic E-state index is 0.0616. The van der Waals surface area contributed by atoms with E-state index in [1.807, 2.05) is 40.8 Å². The number of hydrogen-bond donors (Lipinski definition) is 0. The highest BCUT2D eigenvalue weighted by atomic mass is 16.5. The topological polar surface area (TPSA) is 46.8 Å². The molecular weight excluding hydrogens is 230 g/mol. The Kier molecular flexibility index (Phi) is 2.76. The fourth-order valence-electron chi connectivity index (χ4n) is 2.19. The zero-order valence-corrected chi connectivity index (χ0v) is 10.3. The number of carbonyl (C=O) groups is 1. The predicted molar refractivity (Wildman–Crippen MR) is 66.7 cm³/mol. The molecule has 0 N–H and O–H groups in total. The number of aromatic nitrogens is 2. The summed E-state index contributed by atoms with van der Waals surface area (Å²) >= 11 is 0. The number of morpholine rings is 1. The Bertz CT molecular complexity index is 585. The van der Waals surface area contributed by atoms with Crippen LogP contribution in [-0.2, 0) is 4.74 Å². The zero-order valence-electron chi connectivity index (χ0n) is 10.3. The van der Waals surface area contributed by atoms with Crippen molar-refractivity contribution in [2.75, 3.05) is 26.3 Å². The van der Waals surface area contributed by atoms with E-state index < -0.39 is 0 Å². The molecule has 1 aliphatic heterocycles. The minimum atomic E-state index is 0.0616. The van der Waals surface area contributed by atoms with Gasteiger partial charge < -0.3 is 14.0 Å². The summed E-state index contributed by atoms with van der Waals surface area (Å²) in [6, 6.07) is 3.71. The van der Waals surface area contributed by atoms with Crippen LogP contribution < -0.4 is 0 Å². The number of fused-ring (bicyclic) bond motifs is 1. The van der Waals surface area contributed by atoms with Gasteiger partial charge in [0.1, 0.15) is 5.65 Å². The smallest absolute Gasteiger partial charge is 0.255 e. The van der Waals surface area contributed by atoms with Crippen LogP contribution in [0.2, 0.25) is 0 Å². The van der Waals surface area contributed by atoms with E-state index in [-0.39, 0.29) is 5.91 Å². The summed E-state index contributed by atoms with van der Waals surface area (Å²) in [5.41, 5.74) is 2.51. The molecule has 0 radical (unpaired) electrons. The molecular formula is C13H15N3O2. The molecule has 1 amide bonds. The Balaban J connectivity index is 1.90. The van der Waals surface area contributed by atoms with Gasteiger partial charge in [0.05, 0.1) is 24.5 Å². The summed E-state index contributed by atoms with van der Waals surface area (Å²) in [5, 5.41) is 0. The van der Waals surface area contributed by atoms with Gasteiger partial charge >= 0.3 is 0 Å². The number of amides is 1. The van der Waals surface area contributed by atoms with E-state index in [0.29, 0.717) is 31.9 Å². The van der Waals surface area contributed by atoms with Crippen LogP contribution in [0.15, 0.2) is 24.5 Å². The lowest BCUT2D eigenvalue weighted by atomic mass is 10.2. The Hall–Kier alpha value is -1.88. The van der Waals surface area contributed by atoms with Crippen LogP contribution in [0.4, 0.5) is 0 Å². The zero-order chi connectivity index (χ0) is 12.5. The van der Waals surface area contributed by atoms with Crippen molar-refractivity contribution in [1.82, 2.24) is 14.3 Å². The van der Waals surface area contributed by atoms with Gasteiger partial charge in [-0.15, -0.1) is 0 Å². The molecule has 2 aromatic rings. The third kappa shape index (κ3) is 1.97. The van der Waals surface area contributed by atoms with Crippen molar-refractivity contribution < 1.29 is 9.53 Å². The minimum Gasteiger partial charge on any atom is -0.378 e. The second kappa shape index (κ2) is 4.42. The predicted octanol–water partition coefficient (Wildman–Crippen LogP) is 1.12. The van der Waals surface area contributed by atoms with Gasteiger partial charge in [-0.2, -0.15) is 0 Å². The number of nitrogens with zero attached hydrogens (tertiary/aromatic N) is 3. The van der Waals surface area contributed by atoms with Gasteiger partial charge in [-0.05, 0) is 19.1 Å². The Morgan fingerprint density at radius 2 is 2.06 bits per heavy atom. The number of imidazole rings is 1. The Morgan fingerprint density at radius 3 is 2.83 bits per heavy atom. The lowest BCUT2D eigenvalue weighted by Gasteiger charge is -2.26. The maximum atomic E-state index is 12.3. The van der Waals surface area contributed by atoms with E-state index in [0.717, 1.165) is 11.3 Å². The molecule has 0 bridgehead atoms. The Morgan fingerprint density at radius 1 is 1.28 bits per heavy atom. The van der Waals surface area contributed by atoms with Crippen LogP contribution in [0.1, 0.15) is 16.1 Å². The first-order valence-corrected chi connectivity index (χ1v) is 6.06. The summed E-state index contributed by atoms with van der Waals surface area (Å²) in [6.07, 6.45) is 3.76. The van der Waals surface area contributed by atoms with Crippen molar-refractivity contribution in [3.8, 4) is 0 Å². The lowest BCUT2D eigenvalue weighted by Crippen LogP contribution is -2.40. The van der Waals surface area contributed by atoms with Crippen molar-refractivity contribution in [2.24, 2.45) is 0 Å². The summed E-state index contributed by atoms with van der Waals surface area (Å²) in [5.74, 6) is 0.0616. The van der Waals surface area contributed by atoms with Gasteiger partial charge in [0.25, 0.3) is 5.91 Å². The third-order valence-corrected chi connectivity index (χ3v) is 3.12. The molecule has 0 saturated carbocycles. The van der Waals surface area contributed by atoms with Gasteiger partial charge in [-0.3, -0.25) is 4.79 Å². The van der Waals surface area contributed by atoms with Crippen LogP contribution >= 0.6 is 0 Å². The number of pyridine rings is 1. The molecule has 3 heterocycles. The molecule has 0 unspecified atom stereocenters. The summed E-state index contributed by atoms with van der Waals surface area (Å²) in [6.45, 7) is 4.52. The van der Waals surface area contributed by atoms with Gasteiger partial charge in [-0.25, -0.2) is 4.98 Å². The number of rotatable bonds is 1. The van der Waals surface area contributed by atoms with Gasteiger partial charge in [-0.1, -0.05) is 0 Å². The third-order valence-electron chi connectivity index (χ3n) is 3.12. The quantitative estimate of drug-likeness (QED) is 0.756. The van der Waals surface area contributed by atoms with Crippen LogP contribution in [0, 0.1) is 6.92 Å². The molecule has 2 aromatic heterocycles. The maximum absolute atomic E-state index is 12.3. The molecule has 0 spiro atoms. The molecule has 94 valence electrons. The molecule has 0 aliphatic carbocycles. The summed E-state index contributed by atoms with van der Waals surface area (Å²) < 4.78 is 7.14. The standard InChI is InChI=1S/C13H15N3O2/c1-10-8-16-9-11(2-3-12(16)14-10)13(17)15-4-6-18-7-5-15/h2-3,8-9H,4-7H2,1H3. The monoisotopic (exact) mass is 245 g/mol. The number of ether oxygens (including phenoxy) is 1. The van der Waals surface area contributed by atoms with E-state index >= 15 is 0 Å². The first-order chi connectivity index (χ1) is 8.74. The number of aryl methyl sites for hydroxylation is 1. The highest BCUT2D eigenvalue weighted by molar-refractivity contribution is 5.94. The van der Waals surface area contributed by atoms with Crippen molar-refractivity contribution in [3.63, 3.8) is 0 Å². The van der Waals surface area contributed by atoms with Crippen LogP contribution in [-0.4, -0.2) is 46.5 Å². The number of carbonyl (C=O) groups excluding carboxylic acids is 1. The van der Waals surface area contributed by atoms with E-state index in [1.165, 1.54) is 0 Å². The Labute approximate surface area is 105 Å². The molecule has 0 atom stereocenters. The summed E-state index contributed by atoms with van der Waals surface area (Å²) in [4.78, 5) is 18.5. The molecule has 1 aliphatic rings. The first kappa shape index (κ1) is 11.2. The van der Waals surface area contributed by atoms with Crippen LogP contribution in [0.3, 0.4) is 0 Å². The fraction of sp³-hybridized carbons (Fsp3) is 0.385. The van der Waals surface area contributed by atoms with Gasteiger partial charge in [0, 0.05) is 25.5 Å². The fourth-order valence-corrected chi connectivity index (χ4v) is 2.19. The van der Waals surface area contributed by atoms with Gasteiger partial charge in [0.2, 0.25) is 0 Å². The normalized spacial score (nSPS) is 16.2. The average molecular weight is 245 g/mol. The SMILES string of the molecule is Cc1cn2cc(C(=O)N3CCOCC3)ccc2n1. The first-order valence-electron chi connectivity index (χ1n) is 6.06. The molecule has 5 nitrogen and oxygen atoms in total. The summed E-state index contributed by atoms with van der Waals surface area (Å²) in [7, 11) is 0. The number of hydrogen-bond acceptors (Lipinski definition) is 3. The second-order valence-corrected chi connectivity index (χ2v) is 4.47. The van der Waals surface area contributed by atoms with Crippen molar-refractivity contribution in [2.45, 2.75) is 6.92 Å². The van der Waals surface area contributed by atoms with E-state index in [2.05, 4.69) is 4.98 Å². The average Bonchev–Trinajstić information content (AvgIpc) is 2.78. The van der Waals surface area contributed by atoms with E-state index in [9.17, 15) is 4.79 Å². The lowest BCUT2D eigenvalue weighted by molar-refractivity contribution is 0.0302. The molecule has 1 fully saturated rings. The van der Waals surface area contributed by atoms with Crippen molar-refractivity contribution in [3.05, 3.63) is 35.8 Å².